The molecule has 10 nitrogen and oxygen atoms in total. The number of nitro benzene ring substituents is 1. The Kier molecular flexibility index (Phi) is 6.40. The molecule has 3 amide bonds. The van der Waals surface area contributed by atoms with Gasteiger partial charge in [0.05, 0.1) is 10.6 Å². The van der Waals surface area contributed by atoms with Crippen LogP contribution >= 0.6 is 11.8 Å². The molecule has 33 heavy (non-hydrogen) atoms. The van der Waals surface area contributed by atoms with E-state index in [9.17, 15) is 19.7 Å². The van der Waals surface area contributed by atoms with E-state index in [1.54, 1.807) is 12.1 Å². The summed E-state index contributed by atoms with van der Waals surface area (Å²) in [7, 11) is 0. The molecule has 2 heterocycles. The van der Waals surface area contributed by atoms with Gasteiger partial charge in [-0.2, -0.15) is 0 Å². The standard InChI is InChI=1S/C22H22N6O4S/c1-13-3-4-14(2)18(9-13)27-19(10-16-11-20(29)24-21(30)23-16)25-26-22(27)33-12-15-5-7-17(8-6-15)28(31)32/h3-9,16H,10-12H2,1-2H3,(H2,23,24,29,30). The molecule has 3 aromatic rings. The Morgan fingerprint density at radius 3 is 2.61 bits per heavy atom. The zero-order valence-electron chi connectivity index (χ0n) is 18.1. The molecule has 1 saturated heterocycles. The Bertz CT molecular complexity index is 1210. The minimum atomic E-state index is -0.512. The van der Waals surface area contributed by atoms with Gasteiger partial charge < -0.3 is 5.32 Å². The van der Waals surface area contributed by atoms with E-state index in [0.717, 1.165) is 22.4 Å². The van der Waals surface area contributed by atoms with E-state index in [-0.39, 0.29) is 24.1 Å². The number of imide groups is 1. The Hall–Kier alpha value is -3.73. The average Bonchev–Trinajstić information content (AvgIpc) is 3.15. The maximum Gasteiger partial charge on any atom is 0.321 e. The Labute approximate surface area is 193 Å². The van der Waals surface area contributed by atoms with Crippen LogP contribution in [0.4, 0.5) is 10.5 Å². The lowest BCUT2D eigenvalue weighted by Gasteiger charge is -2.23. The van der Waals surface area contributed by atoms with Gasteiger partial charge in [0.15, 0.2) is 5.16 Å². The van der Waals surface area contributed by atoms with Crippen LogP contribution in [0.5, 0.6) is 0 Å². The van der Waals surface area contributed by atoms with Gasteiger partial charge in [-0.05, 0) is 36.6 Å². The highest BCUT2D eigenvalue weighted by Gasteiger charge is 2.27. The number of non-ortho nitro benzene ring substituents is 1. The summed E-state index contributed by atoms with van der Waals surface area (Å²) in [5.41, 5.74) is 3.99. The smallest absolute Gasteiger partial charge is 0.321 e. The summed E-state index contributed by atoms with van der Waals surface area (Å²) in [6.45, 7) is 4.00. The third-order valence-electron chi connectivity index (χ3n) is 5.27. The fourth-order valence-corrected chi connectivity index (χ4v) is 4.53. The van der Waals surface area contributed by atoms with Crippen LogP contribution in [0, 0.1) is 24.0 Å². The van der Waals surface area contributed by atoms with Crippen molar-refractivity contribution in [3.63, 3.8) is 0 Å². The highest BCUT2D eigenvalue weighted by atomic mass is 32.2. The SMILES string of the molecule is Cc1ccc(C)c(-n2c(CC3CC(=O)NC(=O)N3)nnc2SCc2ccc([N+](=O)[O-])cc2)c1. The van der Waals surface area contributed by atoms with Crippen LogP contribution < -0.4 is 10.6 Å². The van der Waals surface area contributed by atoms with Crippen molar-refractivity contribution in [2.75, 3.05) is 0 Å². The van der Waals surface area contributed by atoms with Crippen molar-refractivity contribution in [1.82, 2.24) is 25.4 Å². The van der Waals surface area contributed by atoms with Crippen LogP contribution in [0.15, 0.2) is 47.6 Å². The quantitative estimate of drug-likeness (QED) is 0.310. The number of carbonyl (C=O) groups is 2. The lowest BCUT2D eigenvalue weighted by atomic mass is 10.1. The number of aryl methyl sites for hydroxylation is 2. The van der Waals surface area contributed by atoms with Crippen LogP contribution in [0.1, 0.15) is 28.9 Å². The summed E-state index contributed by atoms with van der Waals surface area (Å²) in [5.74, 6) is 0.855. The molecule has 0 radical (unpaired) electrons. The molecule has 1 fully saturated rings. The van der Waals surface area contributed by atoms with Crippen molar-refractivity contribution >= 4 is 29.4 Å². The number of amides is 3. The van der Waals surface area contributed by atoms with Crippen molar-refractivity contribution in [3.05, 3.63) is 75.1 Å². The molecule has 4 rings (SSSR count). The molecular formula is C22H22N6O4S. The van der Waals surface area contributed by atoms with E-state index in [4.69, 9.17) is 0 Å². The molecule has 1 unspecified atom stereocenters. The number of hydrogen-bond donors (Lipinski definition) is 2. The highest BCUT2D eigenvalue weighted by Crippen LogP contribution is 2.28. The summed E-state index contributed by atoms with van der Waals surface area (Å²) in [4.78, 5) is 34.0. The first-order valence-corrected chi connectivity index (χ1v) is 11.3. The van der Waals surface area contributed by atoms with E-state index in [1.165, 1.54) is 23.9 Å². The first-order chi connectivity index (χ1) is 15.8. The molecule has 170 valence electrons. The number of thioether (sulfide) groups is 1. The molecule has 0 saturated carbocycles. The van der Waals surface area contributed by atoms with Gasteiger partial charge in [-0.25, -0.2) is 4.79 Å². The van der Waals surface area contributed by atoms with E-state index in [1.807, 2.05) is 36.6 Å². The lowest BCUT2D eigenvalue weighted by Crippen LogP contribution is -2.53. The number of rotatable bonds is 7. The maximum atomic E-state index is 11.8. The van der Waals surface area contributed by atoms with Crippen LogP contribution in [-0.4, -0.2) is 37.7 Å². The van der Waals surface area contributed by atoms with Gasteiger partial charge in [0, 0.05) is 36.8 Å². The van der Waals surface area contributed by atoms with Gasteiger partial charge in [-0.15, -0.1) is 10.2 Å². The minimum absolute atomic E-state index is 0.0446. The summed E-state index contributed by atoms with van der Waals surface area (Å²) in [5, 5.41) is 25.3. The average molecular weight is 467 g/mol. The summed E-state index contributed by atoms with van der Waals surface area (Å²) < 4.78 is 1.96. The van der Waals surface area contributed by atoms with Crippen molar-refractivity contribution in [3.8, 4) is 5.69 Å². The molecular weight excluding hydrogens is 444 g/mol. The lowest BCUT2D eigenvalue weighted by molar-refractivity contribution is -0.384. The largest absolute Gasteiger partial charge is 0.334 e. The Balaban J connectivity index is 1.63. The van der Waals surface area contributed by atoms with Crippen LogP contribution in [0.2, 0.25) is 0 Å². The number of nitro groups is 1. The second kappa shape index (κ2) is 9.41. The molecule has 2 N–H and O–H groups in total. The zero-order valence-corrected chi connectivity index (χ0v) is 18.9. The Morgan fingerprint density at radius 2 is 1.91 bits per heavy atom. The fraction of sp³-hybridized carbons (Fsp3) is 0.273. The van der Waals surface area contributed by atoms with Gasteiger partial charge in [0.2, 0.25) is 5.91 Å². The number of carbonyl (C=O) groups excluding carboxylic acids is 2. The summed E-state index contributed by atoms with van der Waals surface area (Å²) in [6, 6.07) is 11.6. The maximum absolute atomic E-state index is 11.8. The minimum Gasteiger partial charge on any atom is -0.334 e. The third-order valence-corrected chi connectivity index (χ3v) is 6.27. The number of benzene rings is 2. The van der Waals surface area contributed by atoms with Gasteiger partial charge in [-0.3, -0.25) is 24.8 Å². The predicted molar refractivity (Wildman–Crippen MR) is 122 cm³/mol. The van der Waals surface area contributed by atoms with Gasteiger partial charge in [0.1, 0.15) is 5.82 Å². The molecule has 1 aromatic heterocycles. The van der Waals surface area contributed by atoms with Crippen LogP contribution in [0.25, 0.3) is 5.69 Å². The molecule has 1 aliphatic heterocycles. The van der Waals surface area contributed by atoms with E-state index in [2.05, 4.69) is 20.8 Å². The number of nitrogens with one attached hydrogen (secondary N) is 2. The first kappa shape index (κ1) is 22.5. The number of aromatic nitrogens is 3. The van der Waals surface area contributed by atoms with Gasteiger partial charge in [-0.1, -0.05) is 36.0 Å². The third kappa shape index (κ3) is 5.20. The van der Waals surface area contributed by atoms with Crippen molar-refractivity contribution in [2.45, 2.75) is 43.6 Å². The second-order valence-corrected chi connectivity index (χ2v) is 8.81. The monoisotopic (exact) mass is 466 g/mol. The predicted octanol–water partition coefficient (Wildman–Crippen LogP) is 3.23. The van der Waals surface area contributed by atoms with Crippen molar-refractivity contribution in [2.24, 2.45) is 0 Å². The number of nitrogens with zero attached hydrogens (tertiary/aromatic N) is 4. The summed E-state index contributed by atoms with van der Waals surface area (Å²) >= 11 is 1.46. The topological polar surface area (TPSA) is 132 Å². The van der Waals surface area contributed by atoms with Crippen molar-refractivity contribution < 1.29 is 14.5 Å². The van der Waals surface area contributed by atoms with Gasteiger partial charge >= 0.3 is 6.03 Å². The molecule has 1 atom stereocenters. The molecule has 11 heteroatoms. The first-order valence-electron chi connectivity index (χ1n) is 10.3. The fourth-order valence-electron chi connectivity index (χ4n) is 3.61. The molecule has 0 spiro atoms. The highest BCUT2D eigenvalue weighted by molar-refractivity contribution is 7.98. The molecule has 0 bridgehead atoms. The molecule has 2 aromatic carbocycles. The normalized spacial score (nSPS) is 15.8. The second-order valence-electron chi connectivity index (χ2n) is 7.86. The van der Waals surface area contributed by atoms with Crippen LogP contribution in [-0.2, 0) is 17.0 Å². The number of urea groups is 1. The van der Waals surface area contributed by atoms with E-state index >= 15 is 0 Å². The van der Waals surface area contributed by atoms with Gasteiger partial charge in [0.25, 0.3) is 5.69 Å². The van der Waals surface area contributed by atoms with E-state index < -0.39 is 11.0 Å². The summed E-state index contributed by atoms with van der Waals surface area (Å²) in [6.07, 6.45) is 0.508. The number of hydrogen-bond acceptors (Lipinski definition) is 7. The van der Waals surface area contributed by atoms with Crippen molar-refractivity contribution in [1.29, 1.82) is 0 Å². The molecule has 0 aliphatic carbocycles. The van der Waals surface area contributed by atoms with Crippen LogP contribution in [0.3, 0.4) is 0 Å². The Morgan fingerprint density at radius 1 is 1.15 bits per heavy atom. The molecule has 1 aliphatic rings. The zero-order chi connectivity index (χ0) is 23.5. The van der Waals surface area contributed by atoms with E-state index in [0.29, 0.717) is 23.2 Å².